The van der Waals surface area contributed by atoms with Crippen LogP contribution in [0.15, 0.2) is 36.4 Å². The van der Waals surface area contributed by atoms with Crippen molar-refractivity contribution < 1.29 is 24.2 Å². The Hall–Kier alpha value is -4.11. The summed E-state index contributed by atoms with van der Waals surface area (Å²) in [6, 6.07) is 10.1. The van der Waals surface area contributed by atoms with Gasteiger partial charge >= 0.3 is 5.97 Å². The molecule has 0 spiro atoms. The van der Waals surface area contributed by atoms with Gasteiger partial charge in [0, 0.05) is 29.0 Å². The maximum Gasteiger partial charge on any atom is 0.304 e. The third-order valence-corrected chi connectivity index (χ3v) is 6.46. The van der Waals surface area contributed by atoms with E-state index in [0.29, 0.717) is 22.1 Å². The predicted molar refractivity (Wildman–Crippen MR) is 128 cm³/mol. The number of esters is 1. The zero-order valence-corrected chi connectivity index (χ0v) is 19.9. The summed E-state index contributed by atoms with van der Waals surface area (Å²) in [5.41, 5.74) is 1.41. The first kappa shape index (κ1) is 22.7. The molecule has 5 rings (SSSR count). The van der Waals surface area contributed by atoms with Crippen LogP contribution in [0.3, 0.4) is 0 Å². The van der Waals surface area contributed by atoms with Crippen molar-refractivity contribution in [3.05, 3.63) is 70.3 Å². The fourth-order valence-corrected chi connectivity index (χ4v) is 4.45. The largest absolute Gasteiger partial charge is 0.444 e. The van der Waals surface area contributed by atoms with E-state index in [4.69, 9.17) is 4.74 Å². The highest BCUT2D eigenvalue weighted by molar-refractivity contribution is 6.05. The number of ketones is 2. The number of fused-ring (bicyclic) bond motifs is 8. The Kier molecular flexibility index (Phi) is 4.82. The fraction of sp³-hybridized carbons (Fsp3) is 0.269. The van der Waals surface area contributed by atoms with E-state index in [1.54, 1.807) is 24.3 Å². The van der Waals surface area contributed by atoms with Crippen LogP contribution in [0, 0.1) is 13.8 Å². The van der Waals surface area contributed by atoms with Gasteiger partial charge in [-0.2, -0.15) is 0 Å². The Morgan fingerprint density at radius 3 is 2.00 bits per heavy atom. The van der Waals surface area contributed by atoms with Gasteiger partial charge in [0.1, 0.15) is 11.4 Å². The summed E-state index contributed by atoms with van der Waals surface area (Å²) in [7, 11) is 0. The van der Waals surface area contributed by atoms with Gasteiger partial charge in [-0.3, -0.25) is 14.4 Å². The van der Waals surface area contributed by atoms with Crippen molar-refractivity contribution in [1.82, 2.24) is 19.9 Å². The minimum Gasteiger partial charge on any atom is -0.444 e. The monoisotopic (exact) mass is 472 g/mol. The molecule has 0 aliphatic carbocycles. The molecule has 178 valence electrons. The molecular weight excluding hydrogens is 448 g/mol. The normalized spacial score (nSPS) is 21.9. The van der Waals surface area contributed by atoms with Gasteiger partial charge in [0.25, 0.3) is 0 Å². The minimum atomic E-state index is -1.78. The molecule has 2 aliphatic rings. The number of nitrogens with one attached hydrogen (secondary N) is 2. The summed E-state index contributed by atoms with van der Waals surface area (Å²) >= 11 is 0. The smallest absolute Gasteiger partial charge is 0.304 e. The molecule has 0 fully saturated rings. The molecule has 2 atom stereocenters. The van der Waals surface area contributed by atoms with Crippen molar-refractivity contribution in [3.8, 4) is 0 Å². The quantitative estimate of drug-likeness (QED) is 0.459. The van der Waals surface area contributed by atoms with Gasteiger partial charge in [0.15, 0.2) is 5.60 Å². The topological polar surface area (TPSA) is 138 Å². The van der Waals surface area contributed by atoms with Crippen molar-refractivity contribution in [2.45, 2.75) is 45.8 Å². The van der Waals surface area contributed by atoms with Crippen molar-refractivity contribution in [1.29, 1.82) is 0 Å². The van der Waals surface area contributed by atoms with Crippen LogP contribution in [0.4, 0.5) is 0 Å². The molecule has 5 heterocycles. The van der Waals surface area contributed by atoms with E-state index in [-0.39, 0.29) is 22.8 Å². The third-order valence-electron chi connectivity index (χ3n) is 6.46. The van der Waals surface area contributed by atoms with Gasteiger partial charge < -0.3 is 19.8 Å². The number of aliphatic hydroxyl groups is 1. The summed E-state index contributed by atoms with van der Waals surface area (Å²) in [5, 5.41) is 10.9. The molecule has 8 bridgehead atoms. The molecule has 3 aromatic heterocycles. The Bertz CT molecular complexity index is 1610. The van der Waals surface area contributed by atoms with E-state index in [2.05, 4.69) is 19.9 Å². The molecule has 3 N–H and O–H groups in total. The number of aryl methyl sites for hydroxylation is 2. The summed E-state index contributed by atoms with van der Waals surface area (Å²) in [6.45, 7) is 7.89. The van der Waals surface area contributed by atoms with Crippen molar-refractivity contribution in [2.75, 3.05) is 0 Å². The van der Waals surface area contributed by atoms with Crippen LogP contribution < -0.4 is 0 Å². The van der Waals surface area contributed by atoms with Crippen LogP contribution in [0.5, 0.6) is 0 Å². The fourth-order valence-electron chi connectivity index (χ4n) is 4.45. The number of carbonyl (C=O) groups excluding carboxylic acids is 3. The van der Waals surface area contributed by atoms with Crippen LogP contribution in [-0.2, 0) is 20.7 Å². The van der Waals surface area contributed by atoms with Crippen LogP contribution in [0.1, 0.15) is 64.3 Å². The SMILES string of the molecule is CC(=O)OC1(C)C(=O)c2cc3cc(C)c(cc4nc(cc5[nH]c(cc1n2)cc5C)C(=O)C4(C)O)[nH]3. The third kappa shape index (κ3) is 3.55. The Morgan fingerprint density at radius 2 is 1.37 bits per heavy atom. The number of Topliss-reactive ketones (excluding diaryl/α,β-unsaturated/α-hetero) is 2. The van der Waals surface area contributed by atoms with Crippen LogP contribution in [0.2, 0.25) is 0 Å². The number of aromatic nitrogens is 4. The first-order valence-electron chi connectivity index (χ1n) is 11.1. The minimum absolute atomic E-state index is 0.120. The summed E-state index contributed by atoms with van der Waals surface area (Å²) in [6.07, 6.45) is 0. The predicted octanol–water partition coefficient (Wildman–Crippen LogP) is 3.68. The first-order valence-corrected chi connectivity index (χ1v) is 11.1. The highest BCUT2D eigenvalue weighted by Gasteiger charge is 2.46. The molecular formula is C26H24N4O5. The Balaban J connectivity index is 1.91. The lowest BCUT2D eigenvalue weighted by molar-refractivity contribution is -0.151. The highest BCUT2D eigenvalue weighted by Crippen LogP contribution is 2.34. The molecule has 35 heavy (non-hydrogen) atoms. The number of ether oxygens (including phenoxy) is 1. The number of aromatic amines is 2. The van der Waals surface area contributed by atoms with Gasteiger partial charge in [0.05, 0.1) is 11.4 Å². The molecule has 0 saturated carbocycles. The average molecular weight is 473 g/mol. The van der Waals surface area contributed by atoms with Gasteiger partial charge in [0.2, 0.25) is 17.2 Å². The van der Waals surface area contributed by atoms with E-state index in [9.17, 15) is 19.5 Å². The summed E-state index contributed by atoms with van der Waals surface area (Å²) in [4.78, 5) is 53.5. The van der Waals surface area contributed by atoms with E-state index >= 15 is 0 Å². The number of hydrogen-bond acceptors (Lipinski definition) is 7. The lowest BCUT2D eigenvalue weighted by Crippen LogP contribution is -2.33. The molecule has 0 saturated heterocycles. The van der Waals surface area contributed by atoms with Crippen LogP contribution in [-0.4, -0.2) is 42.6 Å². The number of H-pyrrole nitrogens is 2. The molecule has 2 unspecified atom stereocenters. The second-order valence-electron chi connectivity index (χ2n) is 9.34. The number of rotatable bonds is 1. The zero-order chi connectivity index (χ0) is 25.3. The first-order chi connectivity index (χ1) is 16.4. The number of hydrogen-bond donors (Lipinski definition) is 3. The van der Waals surface area contributed by atoms with Crippen LogP contribution >= 0.6 is 0 Å². The zero-order valence-electron chi connectivity index (χ0n) is 19.9. The van der Waals surface area contributed by atoms with E-state index < -0.39 is 28.7 Å². The van der Waals surface area contributed by atoms with Gasteiger partial charge in [-0.25, -0.2) is 9.97 Å². The maximum absolute atomic E-state index is 13.3. The Labute approximate surface area is 200 Å². The number of nitrogens with zero attached hydrogens (tertiary/aromatic N) is 2. The standard InChI is InChI=1S/C26H24N4O5/c1-12-7-16-9-22-26(5,35-14(3)31)24(33)19(30-22)8-15-6-13(2)18(27-15)11-21-25(4,34)23(32)20(29-21)10-17(12)28-16/h6-11,27-28,34H,1-5H3. The van der Waals surface area contributed by atoms with E-state index in [1.807, 2.05) is 26.0 Å². The van der Waals surface area contributed by atoms with Crippen molar-refractivity contribution >= 4 is 39.6 Å². The highest BCUT2D eigenvalue weighted by atomic mass is 16.6. The molecule has 0 amide bonds. The molecule has 2 aliphatic heterocycles. The van der Waals surface area contributed by atoms with Gasteiger partial charge in [-0.15, -0.1) is 0 Å². The average Bonchev–Trinajstić information content (AvgIpc) is 3.41. The summed E-state index contributed by atoms with van der Waals surface area (Å²) < 4.78 is 5.46. The van der Waals surface area contributed by atoms with Crippen LogP contribution in [0.25, 0.3) is 22.1 Å². The molecule has 9 heteroatoms. The van der Waals surface area contributed by atoms with E-state index in [0.717, 1.165) is 11.1 Å². The second kappa shape index (κ2) is 7.44. The molecule has 9 nitrogen and oxygen atoms in total. The molecule has 3 aromatic rings. The van der Waals surface area contributed by atoms with Gasteiger partial charge in [-0.1, -0.05) is 0 Å². The molecule has 0 radical (unpaired) electrons. The summed E-state index contributed by atoms with van der Waals surface area (Å²) in [5.74, 6) is -1.55. The molecule has 0 aromatic carbocycles. The second-order valence-corrected chi connectivity index (χ2v) is 9.34. The lowest BCUT2D eigenvalue weighted by atomic mass is 9.97. The van der Waals surface area contributed by atoms with Gasteiger partial charge in [-0.05, 0) is 75.2 Å². The van der Waals surface area contributed by atoms with Crippen molar-refractivity contribution in [2.24, 2.45) is 0 Å². The van der Waals surface area contributed by atoms with E-state index in [1.165, 1.54) is 20.8 Å². The lowest BCUT2D eigenvalue weighted by Gasteiger charge is -2.21. The van der Waals surface area contributed by atoms with Crippen molar-refractivity contribution in [3.63, 3.8) is 0 Å². The maximum atomic E-state index is 13.3. The number of carbonyl (C=O) groups is 3. The Morgan fingerprint density at radius 1 is 0.829 bits per heavy atom.